The Kier molecular flexibility index (Phi) is 7.05. The molecule has 0 bridgehead atoms. The molecule has 0 N–H and O–H groups in total. The third-order valence-electron chi connectivity index (χ3n) is 11.0. The summed E-state index contributed by atoms with van der Waals surface area (Å²) in [7, 11) is 4.34. The highest BCUT2D eigenvalue weighted by atomic mass is 15.3. The van der Waals surface area contributed by atoms with Crippen LogP contribution in [0.25, 0.3) is 21.5 Å². The highest BCUT2D eigenvalue weighted by molar-refractivity contribution is 6.11. The molecule has 0 spiro atoms. The third-order valence-corrected chi connectivity index (χ3v) is 11.0. The van der Waals surface area contributed by atoms with Gasteiger partial charge in [-0.3, -0.25) is 0 Å². The first-order valence-corrected chi connectivity index (χ1v) is 18.4. The monoisotopic (exact) mass is 678 g/mol. The van der Waals surface area contributed by atoms with Gasteiger partial charge in [-0.25, -0.2) is 0 Å². The van der Waals surface area contributed by atoms with Crippen LogP contribution in [0.3, 0.4) is 0 Å². The Labute approximate surface area is 308 Å². The molecule has 2 heterocycles. The van der Waals surface area contributed by atoms with E-state index in [0.29, 0.717) is 0 Å². The van der Waals surface area contributed by atoms with Crippen molar-refractivity contribution in [2.24, 2.45) is 0 Å². The summed E-state index contributed by atoms with van der Waals surface area (Å²) in [6.07, 6.45) is 0. The van der Waals surface area contributed by atoms with E-state index in [-0.39, 0.29) is 10.8 Å². The summed E-state index contributed by atoms with van der Waals surface area (Å²) in [5, 5.41) is 5.28. The summed E-state index contributed by atoms with van der Waals surface area (Å²) in [6.45, 7) is 14.2. The number of anilines is 10. The Hall–Kier alpha value is -5.74. The van der Waals surface area contributed by atoms with Gasteiger partial charge in [0.2, 0.25) is 0 Å². The van der Waals surface area contributed by atoms with Crippen LogP contribution in [-0.2, 0) is 10.8 Å². The molecule has 7 aromatic rings. The van der Waals surface area contributed by atoms with E-state index in [1.54, 1.807) is 0 Å². The normalized spacial score (nSPS) is 14.0. The van der Waals surface area contributed by atoms with Gasteiger partial charge in [-0.05, 0) is 116 Å². The molecule has 4 nitrogen and oxygen atoms in total. The van der Waals surface area contributed by atoms with Crippen LogP contribution in [0.5, 0.6) is 0 Å². The Morgan fingerprint density at radius 1 is 0.327 bits per heavy atom. The summed E-state index contributed by atoms with van der Waals surface area (Å²) < 4.78 is 0. The first-order chi connectivity index (χ1) is 24.9. The van der Waals surface area contributed by atoms with Gasteiger partial charge in [0, 0.05) is 25.5 Å². The second-order valence-corrected chi connectivity index (χ2v) is 16.5. The van der Waals surface area contributed by atoms with Crippen molar-refractivity contribution in [3.05, 3.63) is 145 Å². The van der Waals surface area contributed by atoms with E-state index in [2.05, 4.69) is 209 Å². The Balaban J connectivity index is 1.33. The van der Waals surface area contributed by atoms with E-state index >= 15 is 0 Å². The zero-order valence-electron chi connectivity index (χ0n) is 31.5. The number of hydrogen-bond acceptors (Lipinski definition) is 4. The predicted octanol–water partition coefficient (Wildman–Crippen LogP) is 13.7. The van der Waals surface area contributed by atoms with Crippen molar-refractivity contribution in [3.8, 4) is 0 Å². The van der Waals surface area contributed by atoms with Gasteiger partial charge >= 0.3 is 0 Å². The Morgan fingerprint density at radius 3 is 0.865 bits per heavy atom. The summed E-state index contributed by atoms with van der Waals surface area (Å²) >= 11 is 0. The number of rotatable bonds is 2. The van der Waals surface area contributed by atoms with Gasteiger partial charge in [0.15, 0.2) is 0 Å². The van der Waals surface area contributed by atoms with Gasteiger partial charge in [0.25, 0.3) is 0 Å². The summed E-state index contributed by atoms with van der Waals surface area (Å²) in [5.41, 5.74) is 14.4. The van der Waals surface area contributed by atoms with Crippen molar-refractivity contribution in [2.45, 2.75) is 52.4 Å². The molecule has 7 aromatic carbocycles. The topological polar surface area (TPSA) is 13.0 Å². The summed E-state index contributed by atoms with van der Waals surface area (Å²) in [5.74, 6) is 0. The first kappa shape index (κ1) is 32.2. The molecule has 0 saturated heterocycles. The quantitative estimate of drug-likeness (QED) is 0.169. The summed E-state index contributed by atoms with van der Waals surface area (Å²) in [6, 6.07) is 49.4. The van der Waals surface area contributed by atoms with E-state index in [4.69, 9.17) is 0 Å². The van der Waals surface area contributed by atoms with Gasteiger partial charge < -0.3 is 19.6 Å². The highest BCUT2D eigenvalue weighted by Crippen LogP contribution is 2.54. The molecule has 9 rings (SSSR count). The van der Waals surface area contributed by atoms with Crippen LogP contribution >= 0.6 is 0 Å². The zero-order chi connectivity index (χ0) is 36.1. The van der Waals surface area contributed by atoms with Crippen molar-refractivity contribution >= 4 is 78.4 Å². The predicted molar refractivity (Wildman–Crippen MR) is 224 cm³/mol. The Bertz CT molecular complexity index is 2280. The van der Waals surface area contributed by atoms with Crippen LogP contribution in [0.2, 0.25) is 0 Å². The van der Waals surface area contributed by atoms with Crippen molar-refractivity contribution in [1.29, 1.82) is 0 Å². The number of benzene rings is 7. The van der Waals surface area contributed by atoms with E-state index in [1.165, 1.54) is 89.5 Å². The minimum Gasteiger partial charge on any atom is -0.341 e. The number of fused-ring (bicyclic) bond motifs is 6. The molecule has 0 amide bonds. The number of hydrogen-bond donors (Lipinski definition) is 0. The van der Waals surface area contributed by atoms with Crippen molar-refractivity contribution in [1.82, 2.24) is 0 Å². The van der Waals surface area contributed by atoms with E-state index in [0.717, 1.165) is 0 Å². The van der Waals surface area contributed by atoms with Gasteiger partial charge in [0.1, 0.15) is 0 Å². The molecular formula is C48H46N4. The standard InChI is InChI=1S/C48H46N4/c1-47(2,3)45-33-27-25-32(52-43-23-15-11-19-39(43)50(8)40-20-12-16-24-44(40)52)30-36(33)46(48(4,5)6)34-28-26-31(29-35(34)45)51-41-21-13-9-17-37(41)49(7)38-18-10-14-22-42(38)51/h9-30H,1-8H3. The molecule has 2 aliphatic heterocycles. The van der Waals surface area contributed by atoms with Gasteiger partial charge in [-0.2, -0.15) is 0 Å². The van der Waals surface area contributed by atoms with Gasteiger partial charge in [0.05, 0.1) is 45.5 Å². The molecule has 0 aromatic heterocycles. The Morgan fingerprint density at radius 2 is 0.596 bits per heavy atom. The lowest BCUT2D eigenvalue weighted by Crippen LogP contribution is -2.24. The fourth-order valence-corrected chi connectivity index (χ4v) is 8.92. The van der Waals surface area contributed by atoms with Crippen LogP contribution in [0.1, 0.15) is 52.7 Å². The molecule has 0 saturated carbocycles. The molecule has 0 aliphatic carbocycles. The molecule has 0 fully saturated rings. The lowest BCUT2D eigenvalue weighted by Gasteiger charge is -2.39. The lowest BCUT2D eigenvalue weighted by molar-refractivity contribution is 0.593. The maximum absolute atomic E-state index is 2.46. The van der Waals surface area contributed by atoms with E-state index in [1.807, 2.05) is 0 Å². The highest BCUT2D eigenvalue weighted by Gasteiger charge is 2.32. The lowest BCUT2D eigenvalue weighted by atomic mass is 9.74. The van der Waals surface area contributed by atoms with E-state index < -0.39 is 0 Å². The fourth-order valence-electron chi connectivity index (χ4n) is 8.92. The minimum absolute atomic E-state index is 0.113. The molecule has 258 valence electrons. The SMILES string of the molecule is CN1c2ccccc2N(c2ccc3c(C(C)(C)C)c4cc(N5c6ccccc6N(C)c6ccccc65)ccc4c(C(C)(C)C)c3c2)c2ccccc21. The van der Waals surface area contributed by atoms with Crippen LogP contribution in [-0.4, -0.2) is 14.1 Å². The average Bonchev–Trinajstić information content (AvgIpc) is 3.13. The maximum Gasteiger partial charge on any atom is 0.0699 e. The van der Waals surface area contributed by atoms with Crippen LogP contribution in [0, 0.1) is 0 Å². The average molecular weight is 679 g/mol. The second kappa shape index (κ2) is 11.4. The smallest absolute Gasteiger partial charge is 0.0699 e. The van der Waals surface area contributed by atoms with Gasteiger partial charge in [-0.1, -0.05) is 102 Å². The molecule has 52 heavy (non-hydrogen) atoms. The fraction of sp³-hybridized carbons (Fsp3) is 0.208. The zero-order valence-corrected chi connectivity index (χ0v) is 31.5. The largest absolute Gasteiger partial charge is 0.341 e. The van der Waals surface area contributed by atoms with Crippen LogP contribution < -0.4 is 19.6 Å². The first-order valence-electron chi connectivity index (χ1n) is 18.4. The number of nitrogens with zero attached hydrogens (tertiary/aromatic N) is 4. The summed E-state index contributed by atoms with van der Waals surface area (Å²) in [4.78, 5) is 9.51. The van der Waals surface area contributed by atoms with Crippen LogP contribution in [0.15, 0.2) is 133 Å². The molecule has 0 atom stereocenters. The third kappa shape index (κ3) is 4.74. The second-order valence-electron chi connectivity index (χ2n) is 16.5. The van der Waals surface area contributed by atoms with Crippen molar-refractivity contribution < 1.29 is 0 Å². The molecule has 2 aliphatic rings. The molecule has 4 heteroatoms. The minimum atomic E-state index is -0.113. The number of para-hydroxylation sites is 8. The molecular weight excluding hydrogens is 633 g/mol. The van der Waals surface area contributed by atoms with Crippen molar-refractivity contribution in [2.75, 3.05) is 33.7 Å². The maximum atomic E-state index is 2.46. The van der Waals surface area contributed by atoms with E-state index in [9.17, 15) is 0 Å². The van der Waals surface area contributed by atoms with Crippen molar-refractivity contribution in [3.63, 3.8) is 0 Å². The van der Waals surface area contributed by atoms with Gasteiger partial charge in [-0.15, -0.1) is 0 Å². The van der Waals surface area contributed by atoms with Crippen LogP contribution in [0.4, 0.5) is 56.9 Å². The molecule has 0 radical (unpaired) electrons. The molecule has 0 unspecified atom stereocenters.